The Labute approximate surface area is 59.3 Å². The highest BCUT2D eigenvalue weighted by molar-refractivity contribution is 14.2. The van der Waals surface area contributed by atoms with Crippen molar-refractivity contribution in [2.75, 3.05) is 0 Å². The minimum atomic E-state index is 0.223. The predicted molar refractivity (Wildman–Crippen MR) is 47.5 cm³/mol. The molecule has 1 aliphatic heterocycles. The Morgan fingerprint density at radius 2 is 2.50 bits per heavy atom. The number of rotatable bonds is 1. The van der Waals surface area contributed by atoms with Crippen LogP contribution in [0.3, 0.4) is 0 Å². The third kappa shape index (κ3) is 1.40. The summed E-state index contributed by atoms with van der Waals surface area (Å²) in [5.74, 6) is 0. The first kappa shape index (κ1) is 5.95. The van der Waals surface area contributed by atoms with E-state index < -0.39 is 0 Å². The lowest BCUT2D eigenvalue weighted by atomic mass is 10.3. The van der Waals surface area contributed by atoms with Crippen molar-refractivity contribution >= 4 is 24.7 Å². The molecule has 42 valence electrons. The van der Waals surface area contributed by atoms with Crippen molar-refractivity contribution in [3.8, 4) is 0 Å². The van der Waals surface area contributed by atoms with Crippen molar-refractivity contribution in [2.24, 2.45) is 0 Å². The van der Waals surface area contributed by atoms with Crippen molar-refractivity contribution < 1.29 is 0 Å². The first-order chi connectivity index (χ1) is 3.93. The van der Waals surface area contributed by atoms with E-state index in [2.05, 4.69) is 26.8 Å². The van der Waals surface area contributed by atoms with Crippen LogP contribution >= 0.6 is 20.7 Å². The highest BCUT2D eigenvalue weighted by Gasteiger charge is 1.82. The molecular formula is C7H7I. The standard InChI is InChI=1S/C7H7I/c1-2-7-4-3-5-8-6-7/h2-6H,1H2. The van der Waals surface area contributed by atoms with Crippen LogP contribution in [0.1, 0.15) is 0 Å². The molecule has 1 heterocycles. The topological polar surface area (TPSA) is 0 Å². The van der Waals surface area contributed by atoms with Crippen LogP contribution in [0.5, 0.6) is 0 Å². The summed E-state index contributed by atoms with van der Waals surface area (Å²) in [6.07, 6.45) is 6.07. The zero-order chi connectivity index (χ0) is 5.82. The molecule has 0 nitrogen and oxygen atoms in total. The fourth-order valence-electron chi connectivity index (χ4n) is 0.448. The maximum absolute atomic E-state index is 3.67. The van der Waals surface area contributed by atoms with Gasteiger partial charge in [-0.05, 0) is 13.7 Å². The molecule has 0 bridgehead atoms. The summed E-state index contributed by atoms with van der Waals surface area (Å²) in [5, 5.41) is 0. The van der Waals surface area contributed by atoms with Gasteiger partial charge in [-0.2, -0.15) is 0 Å². The molecule has 0 spiro atoms. The van der Waals surface area contributed by atoms with E-state index in [1.165, 1.54) is 5.57 Å². The quantitative estimate of drug-likeness (QED) is 0.593. The molecule has 1 rings (SSSR count). The minimum absolute atomic E-state index is 0.223. The van der Waals surface area contributed by atoms with Crippen LogP contribution in [-0.4, -0.2) is 4.01 Å². The zero-order valence-electron chi connectivity index (χ0n) is 4.47. The van der Waals surface area contributed by atoms with Gasteiger partial charge in [0.05, 0.1) is 0 Å². The zero-order valence-corrected chi connectivity index (χ0v) is 6.63. The average Bonchev–Trinajstić information content (AvgIpc) is 1.90. The predicted octanol–water partition coefficient (Wildman–Crippen LogP) is 2.40. The van der Waals surface area contributed by atoms with Crippen LogP contribution in [0.15, 0.2) is 34.5 Å². The maximum atomic E-state index is 3.67. The van der Waals surface area contributed by atoms with E-state index in [9.17, 15) is 0 Å². The Balaban J connectivity index is 2.82. The molecule has 0 aromatic heterocycles. The Bertz CT molecular complexity index is 173. The number of hydrogen-bond acceptors (Lipinski definition) is 0. The van der Waals surface area contributed by atoms with Gasteiger partial charge in [0.1, 0.15) is 0 Å². The highest BCUT2D eigenvalue weighted by Crippen LogP contribution is 2.10. The van der Waals surface area contributed by atoms with E-state index >= 15 is 0 Å². The fraction of sp³-hybridized carbons (Fsp3) is 0. The monoisotopic (exact) mass is 218 g/mol. The lowest BCUT2D eigenvalue weighted by Crippen LogP contribution is -1.70. The SMILES string of the molecule is C=CC1=CI=CC=C1. The summed E-state index contributed by atoms with van der Waals surface area (Å²) in [4.78, 5) is 0. The van der Waals surface area contributed by atoms with Crippen molar-refractivity contribution in [1.82, 2.24) is 0 Å². The summed E-state index contributed by atoms with van der Waals surface area (Å²) in [6.45, 7) is 3.67. The Hall–Kier alpha value is -0.180. The summed E-state index contributed by atoms with van der Waals surface area (Å²) in [5.41, 5.74) is 1.28. The van der Waals surface area contributed by atoms with Crippen LogP contribution in [-0.2, 0) is 0 Å². The van der Waals surface area contributed by atoms with E-state index in [4.69, 9.17) is 0 Å². The van der Waals surface area contributed by atoms with Gasteiger partial charge in [-0.25, -0.2) is 0 Å². The number of hydrogen-bond donors (Lipinski definition) is 0. The van der Waals surface area contributed by atoms with Gasteiger partial charge in [0.2, 0.25) is 0 Å². The highest BCUT2D eigenvalue weighted by atomic mass is 127. The lowest BCUT2D eigenvalue weighted by Gasteiger charge is -1.90. The first-order valence-electron chi connectivity index (χ1n) is 2.38. The van der Waals surface area contributed by atoms with Crippen LogP contribution in [0, 0.1) is 0 Å². The molecule has 0 N–H and O–H groups in total. The van der Waals surface area contributed by atoms with E-state index in [1.807, 2.05) is 6.08 Å². The third-order valence-electron chi connectivity index (χ3n) is 0.859. The Morgan fingerprint density at radius 3 is 2.88 bits per heavy atom. The Kier molecular flexibility index (Phi) is 2.21. The molecule has 0 saturated carbocycles. The van der Waals surface area contributed by atoms with E-state index in [0.29, 0.717) is 0 Å². The van der Waals surface area contributed by atoms with E-state index in [1.54, 1.807) is 0 Å². The molecule has 1 aliphatic rings. The lowest BCUT2D eigenvalue weighted by molar-refractivity contribution is 1.78. The number of allylic oxidation sites excluding steroid dienone is 4. The molecule has 0 fully saturated rings. The third-order valence-corrected chi connectivity index (χ3v) is 2.77. The van der Waals surface area contributed by atoms with Gasteiger partial charge in [0.15, 0.2) is 0 Å². The minimum Gasteiger partial charge on any atom is -0.0985 e. The summed E-state index contributed by atoms with van der Waals surface area (Å²) < 4.78 is 4.48. The van der Waals surface area contributed by atoms with Gasteiger partial charge in [-0.1, -0.05) is 45.5 Å². The fourth-order valence-corrected chi connectivity index (χ4v) is 1.98. The second-order valence-electron chi connectivity index (χ2n) is 1.42. The van der Waals surface area contributed by atoms with E-state index in [-0.39, 0.29) is 20.7 Å². The molecule has 0 aliphatic carbocycles. The van der Waals surface area contributed by atoms with Gasteiger partial charge in [-0.15, -0.1) is 0 Å². The summed E-state index contributed by atoms with van der Waals surface area (Å²) >= 11 is 0.223. The van der Waals surface area contributed by atoms with Gasteiger partial charge >= 0.3 is 0 Å². The normalized spacial score (nSPS) is 16.8. The molecule has 0 unspecified atom stereocenters. The van der Waals surface area contributed by atoms with E-state index in [0.717, 1.165) is 0 Å². The molecule has 8 heavy (non-hydrogen) atoms. The van der Waals surface area contributed by atoms with Crippen LogP contribution in [0.2, 0.25) is 0 Å². The average molecular weight is 218 g/mol. The van der Waals surface area contributed by atoms with Crippen LogP contribution < -0.4 is 0 Å². The van der Waals surface area contributed by atoms with Gasteiger partial charge in [0, 0.05) is 0 Å². The largest absolute Gasteiger partial charge is 0.0985 e. The molecular weight excluding hydrogens is 211 g/mol. The van der Waals surface area contributed by atoms with Gasteiger partial charge in [-0.3, -0.25) is 0 Å². The molecule has 0 amide bonds. The second kappa shape index (κ2) is 2.97. The molecule has 0 aromatic rings. The van der Waals surface area contributed by atoms with Crippen LogP contribution in [0.4, 0.5) is 0 Å². The molecule has 0 radical (unpaired) electrons. The first-order valence-corrected chi connectivity index (χ1v) is 4.87. The van der Waals surface area contributed by atoms with Crippen LogP contribution in [0.25, 0.3) is 0 Å². The maximum Gasteiger partial charge on any atom is -0.0206 e. The molecule has 1 heteroatoms. The summed E-state index contributed by atoms with van der Waals surface area (Å²) in [7, 11) is 0. The van der Waals surface area contributed by atoms with Gasteiger partial charge in [0.25, 0.3) is 0 Å². The number of halogens is 1. The Morgan fingerprint density at radius 1 is 1.62 bits per heavy atom. The summed E-state index contributed by atoms with van der Waals surface area (Å²) in [6, 6.07) is 0. The van der Waals surface area contributed by atoms with Crippen molar-refractivity contribution in [3.05, 3.63) is 34.5 Å². The molecule has 0 saturated heterocycles. The second-order valence-corrected chi connectivity index (χ2v) is 3.49. The smallest absolute Gasteiger partial charge is 0.0206 e. The van der Waals surface area contributed by atoms with Crippen molar-refractivity contribution in [1.29, 1.82) is 0 Å². The van der Waals surface area contributed by atoms with Crippen molar-refractivity contribution in [3.63, 3.8) is 0 Å². The van der Waals surface area contributed by atoms with Gasteiger partial charge < -0.3 is 0 Å². The molecule has 0 aromatic carbocycles. The van der Waals surface area contributed by atoms with Crippen molar-refractivity contribution in [2.45, 2.75) is 0 Å². The molecule has 0 atom stereocenters.